The number of nitrogens with two attached hydrogens (primary N) is 1. The first-order chi connectivity index (χ1) is 10.2. The molecule has 4 rings (SSSR count). The Hall–Kier alpha value is -3.29. The molecule has 4 aromatic heterocycles. The number of aromatic nitrogens is 6. The van der Waals surface area contributed by atoms with Gasteiger partial charge in [0.25, 0.3) is 0 Å². The SMILES string of the molecule is NC(=O)c1cnc2n[nH]c(-c3nc4ncccc4[nH]3)c2c1. The lowest BCUT2D eigenvalue weighted by molar-refractivity contribution is 0.1000. The summed E-state index contributed by atoms with van der Waals surface area (Å²) in [5.74, 6) is 0.0393. The van der Waals surface area contributed by atoms with Crippen LogP contribution in [0.25, 0.3) is 33.7 Å². The minimum absolute atomic E-state index is 0.319. The molecule has 0 aromatic carbocycles. The molecule has 0 atom stereocenters. The minimum atomic E-state index is -0.539. The second kappa shape index (κ2) is 4.10. The fourth-order valence-corrected chi connectivity index (χ4v) is 2.18. The van der Waals surface area contributed by atoms with Crippen LogP contribution in [-0.4, -0.2) is 36.0 Å². The smallest absolute Gasteiger partial charge is 0.250 e. The Balaban J connectivity index is 1.96. The van der Waals surface area contributed by atoms with Crippen LogP contribution in [-0.2, 0) is 0 Å². The highest BCUT2D eigenvalue weighted by atomic mass is 16.1. The maximum atomic E-state index is 11.3. The Morgan fingerprint density at radius 3 is 2.95 bits per heavy atom. The molecule has 0 radical (unpaired) electrons. The molecule has 8 nitrogen and oxygen atoms in total. The number of rotatable bonds is 2. The second-order valence-corrected chi connectivity index (χ2v) is 4.52. The topological polar surface area (TPSA) is 126 Å². The van der Waals surface area contributed by atoms with Crippen molar-refractivity contribution in [3.63, 3.8) is 0 Å². The van der Waals surface area contributed by atoms with Gasteiger partial charge in [-0.1, -0.05) is 0 Å². The van der Waals surface area contributed by atoms with Gasteiger partial charge in [-0.05, 0) is 18.2 Å². The number of fused-ring (bicyclic) bond motifs is 2. The van der Waals surface area contributed by atoms with Crippen LogP contribution in [0.5, 0.6) is 0 Å². The van der Waals surface area contributed by atoms with E-state index in [1.165, 1.54) is 6.20 Å². The van der Waals surface area contributed by atoms with Crippen LogP contribution in [0.15, 0.2) is 30.6 Å². The van der Waals surface area contributed by atoms with E-state index in [0.717, 1.165) is 5.52 Å². The molecule has 0 aliphatic carbocycles. The third-order valence-electron chi connectivity index (χ3n) is 3.19. The average molecular weight is 279 g/mol. The summed E-state index contributed by atoms with van der Waals surface area (Å²) >= 11 is 0. The second-order valence-electron chi connectivity index (χ2n) is 4.52. The highest BCUT2D eigenvalue weighted by Crippen LogP contribution is 2.25. The van der Waals surface area contributed by atoms with Crippen molar-refractivity contribution in [2.75, 3.05) is 0 Å². The van der Waals surface area contributed by atoms with E-state index in [1.54, 1.807) is 12.3 Å². The van der Waals surface area contributed by atoms with E-state index in [4.69, 9.17) is 5.73 Å². The van der Waals surface area contributed by atoms with Crippen LogP contribution < -0.4 is 5.73 Å². The molecule has 0 saturated heterocycles. The number of aromatic amines is 2. The molecular weight excluding hydrogens is 270 g/mol. The molecule has 21 heavy (non-hydrogen) atoms. The van der Waals surface area contributed by atoms with Crippen LogP contribution in [0, 0.1) is 0 Å². The van der Waals surface area contributed by atoms with Gasteiger partial charge in [-0.25, -0.2) is 15.0 Å². The number of carbonyl (C=O) groups excluding carboxylic acids is 1. The Morgan fingerprint density at radius 1 is 1.24 bits per heavy atom. The zero-order valence-electron chi connectivity index (χ0n) is 10.7. The number of carbonyl (C=O) groups is 1. The Bertz CT molecular complexity index is 951. The van der Waals surface area contributed by atoms with E-state index >= 15 is 0 Å². The lowest BCUT2D eigenvalue weighted by Gasteiger charge is -1.96. The predicted octanol–water partition coefficient (Wildman–Crippen LogP) is 0.995. The van der Waals surface area contributed by atoms with Gasteiger partial charge in [0.05, 0.1) is 16.5 Å². The first-order valence-corrected chi connectivity index (χ1v) is 6.17. The molecule has 0 unspecified atom stereocenters. The first-order valence-electron chi connectivity index (χ1n) is 6.17. The Labute approximate surface area is 117 Å². The van der Waals surface area contributed by atoms with Crippen molar-refractivity contribution < 1.29 is 4.79 Å². The van der Waals surface area contributed by atoms with E-state index in [9.17, 15) is 4.79 Å². The quantitative estimate of drug-likeness (QED) is 0.504. The maximum Gasteiger partial charge on any atom is 0.250 e. The fourth-order valence-electron chi connectivity index (χ4n) is 2.18. The summed E-state index contributed by atoms with van der Waals surface area (Å²) in [6.07, 6.45) is 3.07. The van der Waals surface area contributed by atoms with Crippen molar-refractivity contribution in [2.24, 2.45) is 5.73 Å². The van der Waals surface area contributed by atoms with Gasteiger partial charge in [0.2, 0.25) is 5.91 Å². The molecule has 0 bridgehead atoms. The van der Waals surface area contributed by atoms with Crippen LogP contribution in [0.1, 0.15) is 10.4 Å². The molecule has 0 saturated carbocycles. The van der Waals surface area contributed by atoms with Gasteiger partial charge in [-0.15, -0.1) is 0 Å². The largest absolute Gasteiger partial charge is 0.366 e. The molecule has 4 aromatic rings. The van der Waals surface area contributed by atoms with Gasteiger partial charge in [-0.2, -0.15) is 5.10 Å². The molecule has 0 fully saturated rings. The zero-order valence-corrected chi connectivity index (χ0v) is 10.7. The van der Waals surface area contributed by atoms with E-state index in [1.807, 2.05) is 12.1 Å². The molecule has 102 valence electrons. The van der Waals surface area contributed by atoms with Crippen LogP contribution in [0.3, 0.4) is 0 Å². The summed E-state index contributed by atoms with van der Waals surface area (Å²) in [4.78, 5) is 27.1. The molecule has 0 aliphatic rings. The molecule has 1 amide bonds. The van der Waals surface area contributed by atoms with Crippen LogP contribution in [0.4, 0.5) is 0 Å². The summed E-state index contributed by atoms with van der Waals surface area (Å²) in [5.41, 5.74) is 8.15. The van der Waals surface area contributed by atoms with E-state index in [2.05, 4.69) is 30.1 Å². The number of primary amides is 1. The van der Waals surface area contributed by atoms with Crippen molar-refractivity contribution in [3.8, 4) is 11.5 Å². The summed E-state index contributed by atoms with van der Waals surface area (Å²) < 4.78 is 0. The van der Waals surface area contributed by atoms with Crippen molar-refractivity contribution in [1.29, 1.82) is 0 Å². The van der Waals surface area contributed by atoms with Gasteiger partial charge < -0.3 is 10.7 Å². The highest BCUT2D eigenvalue weighted by Gasteiger charge is 2.14. The summed E-state index contributed by atoms with van der Waals surface area (Å²) in [6, 6.07) is 5.34. The lowest BCUT2D eigenvalue weighted by Crippen LogP contribution is -2.10. The summed E-state index contributed by atoms with van der Waals surface area (Å²) in [5, 5.41) is 7.64. The number of hydrogen-bond donors (Lipinski definition) is 3. The molecular formula is C13H9N7O. The van der Waals surface area contributed by atoms with Gasteiger partial charge in [0.15, 0.2) is 17.1 Å². The van der Waals surface area contributed by atoms with Gasteiger partial charge in [0.1, 0.15) is 5.69 Å². The van der Waals surface area contributed by atoms with Crippen molar-refractivity contribution in [3.05, 3.63) is 36.2 Å². The van der Waals surface area contributed by atoms with Crippen molar-refractivity contribution in [1.82, 2.24) is 30.1 Å². The maximum absolute atomic E-state index is 11.3. The van der Waals surface area contributed by atoms with Crippen LogP contribution in [0.2, 0.25) is 0 Å². The summed E-state index contributed by atoms with van der Waals surface area (Å²) in [7, 11) is 0. The minimum Gasteiger partial charge on any atom is -0.366 e. The number of H-pyrrole nitrogens is 2. The monoisotopic (exact) mass is 279 g/mol. The molecule has 0 spiro atoms. The van der Waals surface area contributed by atoms with Gasteiger partial charge in [-0.3, -0.25) is 9.89 Å². The van der Waals surface area contributed by atoms with Crippen LogP contribution >= 0.6 is 0 Å². The number of nitrogens with zero attached hydrogens (tertiary/aromatic N) is 4. The Kier molecular flexibility index (Phi) is 2.25. The highest BCUT2D eigenvalue weighted by molar-refractivity contribution is 5.99. The molecule has 4 N–H and O–H groups in total. The predicted molar refractivity (Wildman–Crippen MR) is 75.3 cm³/mol. The van der Waals surface area contributed by atoms with E-state index < -0.39 is 5.91 Å². The Morgan fingerprint density at radius 2 is 2.14 bits per heavy atom. The number of amides is 1. The fraction of sp³-hybridized carbons (Fsp3) is 0. The first kappa shape index (κ1) is 11.5. The number of imidazole rings is 1. The van der Waals surface area contributed by atoms with Crippen molar-refractivity contribution >= 4 is 28.1 Å². The molecule has 0 aliphatic heterocycles. The number of pyridine rings is 2. The zero-order chi connectivity index (χ0) is 14.4. The molecule has 8 heteroatoms. The van der Waals surface area contributed by atoms with Gasteiger partial charge in [0, 0.05) is 12.4 Å². The molecule has 4 heterocycles. The third-order valence-corrected chi connectivity index (χ3v) is 3.19. The summed E-state index contributed by atoms with van der Waals surface area (Å²) in [6.45, 7) is 0. The average Bonchev–Trinajstić information content (AvgIpc) is 3.09. The third kappa shape index (κ3) is 1.73. The standard InChI is InChI=1S/C13H9N7O/c14-10(21)6-4-7-9(19-20-11(7)16-5-6)13-17-8-2-1-3-15-12(8)18-13/h1-5H,(H2,14,21)(H,15,17,18)(H,16,19,20). The van der Waals surface area contributed by atoms with E-state index in [0.29, 0.717) is 33.8 Å². The normalized spacial score (nSPS) is 11.2. The van der Waals surface area contributed by atoms with E-state index in [-0.39, 0.29) is 0 Å². The number of hydrogen-bond acceptors (Lipinski definition) is 5. The number of nitrogens with one attached hydrogen (secondary N) is 2. The lowest BCUT2D eigenvalue weighted by atomic mass is 10.2. The van der Waals surface area contributed by atoms with Gasteiger partial charge >= 0.3 is 0 Å². The van der Waals surface area contributed by atoms with Crippen molar-refractivity contribution in [2.45, 2.75) is 0 Å².